The molecule has 1 aliphatic carbocycles. The summed E-state index contributed by atoms with van der Waals surface area (Å²) in [6, 6.07) is 5.64. The number of nitrogens with zero attached hydrogens (tertiary/aromatic N) is 2. The van der Waals surface area contributed by atoms with Crippen molar-refractivity contribution in [2.45, 2.75) is 38.6 Å². The number of hydrogen-bond donors (Lipinski definition) is 1. The van der Waals surface area contributed by atoms with Crippen LogP contribution in [0.2, 0.25) is 0 Å². The summed E-state index contributed by atoms with van der Waals surface area (Å²) < 4.78 is 0. The summed E-state index contributed by atoms with van der Waals surface area (Å²) in [6.07, 6.45) is 4.69. The van der Waals surface area contributed by atoms with Crippen LogP contribution in [-0.2, 0) is 0 Å². The Hall–Kier alpha value is -1.78. The Balaban J connectivity index is 2.19. The van der Waals surface area contributed by atoms with Gasteiger partial charge in [-0.15, -0.1) is 0 Å². The topological polar surface area (TPSA) is 72.4 Å². The summed E-state index contributed by atoms with van der Waals surface area (Å²) in [5.41, 5.74) is 6.99. The van der Waals surface area contributed by atoms with Gasteiger partial charge < -0.3 is 10.6 Å². The fraction of sp³-hybridized carbons (Fsp3) is 0.538. The summed E-state index contributed by atoms with van der Waals surface area (Å²) in [5.74, 6) is 0. The minimum atomic E-state index is -0.438. The van der Waals surface area contributed by atoms with Gasteiger partial charge in [-0.25, -0.2) is 0 Å². The number of nitrogen functional groups attached to an aromatic ring is 1. The third kappa shape index (κ3) is 2.72. The van der Waals surface area contributed by atoms with Gasteiger partial charge in [0.25, 0.3) is 5.69 Å². The van der Waals surface area contributed by atoms with Crippen LogP contribution in [0, 0.1) is 10.1 Å². The van der Waals surface area contributed by atoms with Crippen molar-refractivity contribution < 1.29 is 4.92 Å². The Kier molecular flexibility index (Phi) is 3.69. The fourth-order valence-electron chi connectivity index (χ4n) is 2.12. The maximum atomic E-state index is 10.7. The highest BCUT2D eigenvalue weighted by molar-refractivity contribution is 5.67. The third-order valence-electron chi connectivity index (χ3n) is 3.28. The minimum absolute atomic E-state index is 0.00927. The minimum Gasteiger partial charge on any atom is -0.393 e. The van der Waals surface area contributed by atoms with Crippen molar-refractivity contribution in [2.75, 3.05) is 17.2 Å². The van der Waals surface area contributed by atoms with Crippen molar-refractivity contribution >= 4 is 17.1 Å². The lowest BCUT2D eigenvalue weighted by atomic mass is 10.2. The van der Waals surface area contributed by atoms with Crippen molar-refractivity contribution in [3.05, 3.63) is 28.3 Å². The van der Waals surface area contributed by atoms with Gasteiger partial charge in [0.05, 0.1) is 4.92 Å². The third-order valence-corrected chi connectivity index (χ3v) is 3.28. The molecule has 1 fully saturated rings. The molecule has 1 aromatic rings. The van der Waals surface area contributed by atoms with E-state index < -0.39 is 4.92 Å². The van der Waals surface area contributed by atoms with E-state index in [1.54, 1.807) is 6.07 Å². The highest BCUT2D eigenvalue weighted by Gasteiger charge is 2.29. The Labute approximate surface area is 107 Å². The maximum Gasteiger partial charge on any atom is 0.292 e. The van der Waals surface area contributed by atoms with Crippen molar-refractivity contribution in [3.8, 4) is 0 Å². The van der Waals surface area contributed by atoms with Crippen LogP contribution in [0.4, 0.5) is 17.1 Å². The predicted molar refractivity (Wildman–Crippen MR) is 72.8 cm³/mol. The van der Waals surface area contributed by atoms with Gasteiger partial charge in [-0.3, -0.25) is 10.1 Å². The number of nitrogens with two attached hydrogens (primary N) is 1. The summed E-state index contributed by atoms with van der Waals surface area (Å²) in [6.45, 7) is 3.16. The van der Waals surface area contributed by atoms with Crippen LogP contribution in [-0.4, -0.2) is 17.5 Å². The smallest absolute Gasteiger partial charge is 0.292 e. The lowest BCUT2D eigenvalue weighted by Gasteiger charge is -2.24. The summed E-state index contributed by atoms with van der Waals surface area (Å²) >= 11 is 0. The van der Waals surface area contributed by atoms with Crippen molar-refractivity contribution in [1.29, 1.82) is 0 Å². The first kappa shape index (κ1) is 12.7. The molecule has 0 spiro atoms. The normalized spacial score (nSPS) is 14.5. The van der Waals surface area contributed by atoms with Gasteiger partial charge in [0.2, 0.25) is 0 Å². The van der Waals surface area contributed by atoms with Crippen LogP contribution in [0.15, 0.2) is 18.2 Å². The molecule has 0 heterocycles. The number of hydrogen-bond acceptors (Lipinski definition) is 4. The van der Waals surface area contributed by atoms with E-state index in [0.717, 1.165) is 25.1 Å². The first-order chi connectivity index (χ1) is 8.63. The Morgan fingerprint density at radius 3 is 2.72 bits per heavy atom. The van der Waals surface area contributed by atoms with Crippen LogP contribution >= 0.6 is 0 Å². The maximum absolute atomic E-state index is 10.7. The fourth-order valence-corrected chi connectivity index (χ4v) is 2.12. The van der Waals surface area contributed by atoms with Crippen LogP contribution in [0.3, 0.4) is 0 Å². The molecule has 1 saturated carbocycles. The summed E-state index contributed by atoms with van der Waals surface area (Å²) in [7, 11) is 0. The Morgan fingerprint density at radius 2 is 2.22 bits per heavy atom. The van der Waals surface area contributed by atoms with Gasteiger partial charge in [0.15, 0.2) is 0 Å². The molecule has 18 heavy (non-hydrogen) atoms. The van der Waals surface area contributed by atoms with E-state index in [1.807, 2.05) is 6.07 Å². The molecule has 0 unspecified atom stereocenters. The molecule has 2 N–H and O–H groups in total. The van der Waals surface area contributed by atoms with E-state index >= 15 is 0 Å². The van der Waals surface area contributed by atoms with Crippen molar-refractivity contribution in [2.24, 2.45) is 0 Å². The molecule has 0 bridgehead atoms. The van der Waals surface area contributed by atoms with Gasteiger partial charge >= 0.3 is 0 Å². The zero-order chi connectivity index (χ0) is 13.1. The number of anilines is 2. The molecule has 5 heteroatoms. The highest BCUT2D eigenvalue weighted by Crippen LogP contribution is 2.34. The molecule has 0 amide bonds. The number of benzene rings is 1. The molecular weight excluding hydrogens is 230 g/mol. The molecule has 0 radical (unpaired) electrons. The monoisotopic (exact) mass is 249 g/mol. The van der Waals surface area contributed by atoms with Crippen molar-refractivity contribution in [1.82, 2.24) is 0 Å². The zero-order valence-corrected chi connectivity index (χ0v) is 10.6. The molecule has 98 valence electrons. The first-order valence-corrected chi connectivity index (χ1v) is 6.44. The largest absolute Gasteiger partial charge is 0.393 e. The second-order valence-electron chi connectivity index (χ2n) is 4.78. The number of unbranched alkanes of at least 4 members (excludes halogenated alkanes) is 1. The molecule has 1 aliphatic rings. The molecule has 0 saturated heterocycles. The Bertz CT molecular complexity index is 444. The second-order valence-corrected chi connectivity index (χ2v) is 4.78. The molecular formula is C13H19N3O2. The van der Waals surface area contributed by atoms with E-state index in [1.165, 1.54) is 18.9 Å². The average Bonchev–Trinajstić information content (AvgIpc) is 3.13. The number of nitro benzene ring substituents is 1. The number of nitro groups is 1. The molecule has 0 atom stereocenters. The Morgan fingerprint density at radius 1 is 1.50 bits per heavy atom. The van der Waals surface area contributed by atoms with Gasteiger partial charge in [-0.05, 0) is 31.4 Å². The van der Waals surface area contributed by atoms with Crippen LogP contribution in [0.5, 0.6) is 0 Å². The summed E-state index contributed by atoms with van der Waals surface area (Å²) in [5, 5.41) is 10.7. The highest BCUT2D eigenvalue weighted by atomic mass is 16.6. The lowest BCUT2D eigenvalue weighted by Crippen LogP contribution is -2.26. The standard InChI is InChI=1S/C13H19N3O2/c1-2-3-8-15(10-4-5-10)11-6-7-13(16(17)18)12(14)9-11/h6-7,9-10H,2-5,8,14H2,1H3. The van der Waals surface area contributed by atoms with E-state index in [2.05, 4.69) is 11.8 Å². The second kappa shape index (κ2) is 5.25. The SMILES string of the molecule is CCCCN(c1ccc([N+](=O)[O-])c(N)c1)C1CC1. The predicted octanol–water partition coefficient (Wildman–Crippen LogP) is 2.95. The van der Waals surface area contributed by atoms with Gasteiger partial charge in [-0.1, -0.05) is 13.3 Å². The quantitative estimate of drug-likeness (QED) is 0.478. The van der Waals surface area contributed by atoms with E-state index in [4.69, 9.17) is 5.73 Å². The van der Waals surface area contributed by atoms with E-state index in [-0.39, 0.29) is 11.4 Å². The van der Waals surface area contributed by atoms with Crippen LogP contribution in [0.25, 0.3) is 0 Å². The van der Waals surface area contributed by atoms with Gasteiger partial charge in [0, 0.05) is 24.3 Å². The molecule has 0 aromatic heterocycles. The molecule has 5 nitrogen and oxygen atoms in total. The van der Waals surface area contributed by atoms with Crippen LogP contribution in [0.1, 0.15) is 32.6 Å². The van der Waals surface area contributed by atoms with Gasteiger partial charge in [0.1, 0.15) is 5.69 Å². The van der Waals surface area contributed by atoms with Crippen molar-refractivity contribution in [3.63, 3.8) is 0 Å². The summed E-state index contributed by atoms with van der Waals surface area (Å²) in [4.78, 5) is 12.6. The molecule has 0 aliphatic heterocycles. The lowest BCUT2D eigenvalue weighted by molar-refractivity contribution is -0.383. The average molecular weight is 249 g/mol. The van der Waals surface area contributed by atoms with E-state index in [9.17, 15) is 10.1 Å². The van der Waals surface area contributed by atoms with Gasteiger partial charge in [-0.2, -0.15) is 0 Å². The van der Waals surface area contributed by atoms with Crippen LogP contribution < -0.4 is 10.6 Å². The molecule has 1 aromatic carbocycles. The first-order valence-electron chi connectivity index (χ1n) is 6.44. The molecule has 2 rings (SSSR count). The number of rotatable bonds is 6. The van der Waals surface area contributed by atoms with E-state index in [0.29, 0.717) is 6.04 Å². The zero-order valence-electron chi connectivity index (χ0n) is 10.6.